The molecule has 1 aromatic carbocycles. The van der Waals surface area contributed by atoms with E-state index in [0.29, 0.717) is 12.2 Å². The van der Waals surface area contributed by atoms with Gasteiger partial charge in [-0.1, -0.05) is 53.4 Å². The van der Waals surface area contributed by atoms with Gasteiger partial charge < -0.3 is 0 Å². The molecule has 2 nitrogen and oxygen atoms in total. The molecule has 0 bridgehead atoms. The van der Waals surface area contributed by atoms with Crippen LogP contribution in [0.3, 0.4) is 0 Å². The van der Waals surface area contributed by atoms with Gasteiger partial charge >= 0.3 is 314 Å². The molecule has 2 aromatic heterocycles. The van der Waals surface area contributed by atoms with Crippen molar-refractivity contribution in [3.8, 4) is 11.5 Å². The van der Waals surface area contributed by atoms with E-state index < -0.39 is 36.8 Å². The van der Waals surface area contributed by atoms with Crippen LogP contribution in [-0.2, 0) is 0 Å². The second-order valence-corrected chi connectivity index (χ2v) is 52.5. The summed E-state index contributed by atoms with van der Waals surface area (Å²) in [5.41, 5.74) is 0. The summed E-state index contributed by atoms with van der Waals surface area (Å²) in [4.78, 5) is 15.6. The van der Waals surface area contributed by atoms with Gasteiger partial charge in [0, 0.05) is 0 Å². The van der Waals surface area contributed by atoms with Crippen LogP contribution in [0, 0.1) is 0 Å². The van der Waals surface area contributed by atoms with E-state index in [-0.39, 0.29) is 0 Å². The molecule has 0 amide bonds. The van der Waals surface area contributed by atoms with Crippen molar-refractivity contribution >= 4 is 85.4 Å². The number of benzene rings is 1. The van der Waals surface area contributed by atoms with Crippen molar-refractivity contribution in [2.75, 3.05) is 0 Å². The van der Waals surface area contributed by atoms with Crippen molar-refractivity contribution in [2.45, 2.75) is 249 Å². The summed E-state index contributed by atoms with van der Waals surface area (Å²) in [5.74, 6) is 2.44. The summed E-state index contributed by atoms with van der Waals surface area (Å²) in [6.07, 6.45) is 37.7. The van der Waals surface area contributed by atoms with E-state index in [4.69, 9.17) is 9.47 Å². The molecule has 2 heterocycles. The fourth-order valence-corrected chi connectivity index (χ4v) is 20.9. The van der Waals surface area contributed by atoms with Crippen molar-refractivity contribution < 1.29 is 9.47 Å². The zero-order valence-electron chi connectivity index (χ0n) is 38.7. The second-order valence-electron chi connectivity index (χ2n) is 19.6. The number of thiophene rings is 2. The molecule has 322 valence electrons. The molecule has 56 heavy (non-hydrogen) atoms. The summed E-state index contributed by atoms with van der Waals surface area (Å²) >= 11 is -0.633. The Morgan fingerprint density at radius 1 is 0.393 bits per heavy atom. The van der Waals surface area contributed by atoms with Crippen LogP contribution in [0.1, 0.15) is 207 Å². The Balaban J connectivity index is 2.07. The molecular weight excluding hydrogens is 934 g/mol. The van der Waals surface area contributed by atoms with Crippen LogP contribution in [0.5, 0.6) is 11.5 Å². The average Bonchev–Trinajstić information content (AvgIpc) is 3.82. The Bertz CT molecular complexity index is 1270. The van der Waals surface area contributed by atoms with Crippen LogP contribution in [0.25, 0.3) is 20.2 Å². The maximum absolute atomic E-state index is 7.54. The third kappa shape index (κ3) is 18.1. The minimum absolute atomic E-state index is 0.295. The van der Waals surface area contributed by atoms with Gasteiger partial charge in [0.05, 0.1) is 0 Å². The average molecular weight is 1020 g/mol. The van der Waals surface area contributed by atoms with E-state index in [2.05, 4.69) is 92.1 Å². The van der Waals surface area contributed by atoms with Crippen molar-refractivity contribution in [3.63, 3.8) is 0 Å². The van der Waals surface area contributed by atoms with E-state index in [1.807, 2.05) is 0 Å². The van der Waals surface area contributed by atoms with Crippen molar-refractivity contribution in [1.29, 1.82) is 0 Å². The topological polar surface area (TPSA) is 18.5 Å². The molecule has 0 fully saturated rings. The number of rotatable bonds is 34. The molecule has 0 saturated heterocycles. The molecule has 0 N–H and O–H groups in total. The van der Waals surface area contributed by atoms with Gasteiger partial charge in [0.2, 0.25) is 0 Å². The standard InChI is InChI=1S/C44H72O2S2.6CH3.2Sn/c1-5-9-13-17-21-25-29-37(30-26-22-18-14-10-6-2)45-41-39-33-35-48-44(39)42(40-34-36-47-43(40)41)46-38(31-27-23-19-15-11-7-3)32-28-24-20-16-12-8-4;;;;;;;;/h33-34,37-38H,5-32H2,1-4H3;6*1H3;;. The van der Waals surface area contributed by atoms with Gasteiger partial charge in [0.1, 0.15) is 0 Å². The molecular formula is C50H90O2S2Sn2. The van der Waals surface area contributed by atoms with Crippen LogP contribution in [0.2, 0.25) is 29.6 Å². The first kappa shape index (κ1) is 50.7. The minimum atomic E-state index is -2.41. The van der Waals surface area contributed by atoms with Crippen LogP contribution < -0.4 is 15.3 Å². The SMILES string of the molecule is CCCCCCCCC(CCCCCCCC)Oc1c2c[c]([Sn]([CH3])([CH3])[CH3])sc2c(OC(CCCCCCCC)CCCCCCCC)c2c[c]([Sn]([CH3])([CH3])[CH3])sc12. The molecule has 0 spiro atoms. The van der Waals surface area contributed by atoms with E-state index in [1.54, 1.807) is 5.79 Å². The molecule has 0 atom stereocenters. The Morgan fingerprint density at radius 2 is 0.643 bits per heavy atom. The van der Waals surface area contributed by atoms with E-state index in [9.17, 15) is 0 Å². The van der Waals surface area contributed by atoms with Crippen LogP contribution in [0.15, 0.2) is 12.1 Å². The number of ether oxygens (including phenoxy) is 2. The summed E-state index contributed by atoms with van der Waals surface area (Å²) in [6, 6.07) is 5.22. The second kappa shape index (κ2) is 28.0. The van der Waals surface area contributed by atoms with Crippen LogP contribution >= 0.6 is 22.7 Å². The number of unbranched alkanes of at least 4 members (excludes halogenated alkanes) is 20. The predicted molar refractivity (Wildman–Crippen MR) is 264 cm³/mol. The van der Waals surface area contributed by atoms with Gasteiger partial charge in [-0.25, -0.2) is 0 Å². The number of hydrogen-bond acceptors (Lipinski definition) is 4. The summed E-state index contributed by atoms with van der Waals surface area (Å²) in [5, 5.41) is 2.76. The van der Waals surface area contributed by atoms with Crippen LogP contribution in [-0.4, -0.2) is 49.0 Å². The van der Waals surface area contributed by atoms with Gasteiger partial charge in [-0.2, -0.15) is 0 Å². The molecule has 6 heteroatoms. The molecule has 0 aliphatic carbocycles. The fraction of sp³-hybridized carbons (Fsp3) is 0.800. The summed E-state index contributed by atoms with van der Waals surface area (Å²) in [7, 11) is 0. The van der Waals surface area contributed by atoms with Crippen molar-refractivity contribution in [1.82, 2.24) is 0 Å². The predicted octanol–water partition coefficient (Wildman–Crippen LogP) is 17.7. The van der Waals surface area contributed by atoms with Gasteiger partial charge in [-0.15, -0.1) is 0 Å². The molecule has 0 aliphatic heterocycles. The number of fused-ring (bicyclic) bond motifs is 2. The Hall–Kier alpha value is 0.337. The van der Waals surface area contributed by atoms with Gasteiger partial charge in [-0.3, -0.25) is 0 Å². The Kier molecular flexibility index (Phi) is 25.4. The van der Waals surface area contributed by atoms with Crippen LogP contribution in [0.4, 0.5) is 0 Å². The molecule has 3 rings (SSSR count). The number of hydrogen-bond donors (Lipinski definition) is 0. The Morgan fingerprint density at radius 3 is 0.893 bits per heavy atom. The first-order chi connectivity index (χ1) is 26.9. The molecule has 3 aromatic rings. The fourth-order valence-electron chi connectivity index (χ4n) is 8.14. The quantitative estimate of drug-likeness (QED) is 0.0438. The third-order valence-corrected chi connectivity index (χ3v) is 33.1. The monoisotopic (exact) mass is 1030 g/mol. The zero-order valence-corrected chi connectivity index (χ0v) is 46.1. The molecule has 0 aliphatic rings. The van der Waals surface area contributed by atoms with Crippen molar-refractivity contribution in [3.05, 3.63) is 12.1 Å². The first-order valence-corrected chi connectivity index (χ1v) is 45.9. The van der Waals surface area contributed by atoms with Gasteiger partial charge in [0.15, 0.2) is 0 Å². The van der Waals surface area contributed by atoms with Crippen molar-refractivity contribution in [2.24, 2.45) is 0 Å². The van der Waals surface area contributed by atoms with E-state index in [1.165, 1.54) is 211 Å². The maximum atomic E-state index is 7.54. The first-order valence-electron chi connectivity index (χ1n) is 24.3. The zero-order chi connectivity index (χ0) is 40.8. The summed E-state index contributed by atoms with van der Waals surface area (Å²) in [6.45, 7) is 9.30. The van der Waals surface area contributed by atoms with E-state index in [0.717, 1.165) is 0 Å². The molecule has 0 saturated carbocycles. The van der Waals surface area contributed by atoms with E-state index >= 15 is 0 Å². The summed E-state index contributed by atoms with van der Waals surface area (Å²) < 4.78 is 21.2. The molecule has 0 radical (unpaired) electrons. The Labute approximate surface area is 364 Å². The van der Waals surface area contributed by atoms with Gasteiger partial charge in [-0.05, 0) is 0 Å². The molecule has 0 unspecified atom stereocenters. The third-order valence-electron chi connectivity index (χ3n) is 11.9. The van der Waals surface area contributed by atoms with Gasteiger partial charge in [0.25, 0.3) is 0 Å². The normalized spacial score (nSPS) is 12.6.